The van der Waals surface area contributed by atoms with Gasteiger partial charge < -0.3 is 5.11 Å². The molecule has 23 heavy (non-hydrogen) atoms. The van der Waals surface area contributed by atoms with Crippen molar-refractivity contribution in [2.75, 3.05) is 11.0 Å². The molecule has 0 heterocycles. The quantitative estimate of drug-likeness (QED) is 0.637. The summed E-state index contributed by atoms with van der Waals surface area (Å²) >= 11 is 0. The first-order valence-electron chi connectivity index (χ1n) is 6.27. The smallest absolute Gasteiger partial charge is 0.342 e. The van der Waals surface area contributed by atoms with Crippen LogP contribution in [0.2, 0.25) is 0 Å². The molecular weight excluding hydrogens is 324 g/mol. The van der Waals surface area contributed by atoms with Crippen LogP contribution in [0.1, 0.15) is 10.4 Å². The number of benzene rings is 2. The highest BCUT2D eigenvalue weighted by atomic mass is 32.2. The Balaban J connectivity index is 2.50. The minimum Gasteiger partial charge on any atom is -0.477 e. The van der Waals surface area contributed by atoms with Gasteiger partial charge in [-0.05, 0) is 29.3 Å². The van der Waals surface area contributed by atoms with Crippen molar-refractivity contribution >= 4 is 27.4 Å². The minimum absolute atomic E-state index is 0.301. The van der Waals surface area contributed by atoms with Crippen molar-refractivity contribution in [3.63, 3.8) is 0 Å². The maximum atomic E-state index is 11.2. The van der Waals surface area contributed by atoms with Crippen LogP contribution in [-0.4, -0.2) is 30.7 Å². The number of aromatic carboxylic acids is 1. The van der Waals surface area contributed by atoms with E-state index in [0.717, 1.165) is 18.4 Å². The Morgan fingerprint density at radius 1 is 1.17 bits per heavy atom. The third-order valence-electron chi connectivity index (χ3n) is 2.92. The molecule has 2 aromatic rings. The summed E-state index contributed by atoms with van der Waals surface area (Å²) in [6.07, 6.45) is 1.01. The van der Waals surface area contributed by atoms with Gasteiger partial charge in [-0.15, -0.1) is 0 Å². The lowest BCUT2D eigenvalue weighted by atomic mass is 10.0. The van der Waals surface area contributed by atoms with Gasteiger partial charge in [0.05, 0.1) is 11.2 Å². The van der Waals surface area contributed by atoms with Crippen LogP contribution >= 0.6 is 0 Å². The highest BCUT2D eigenvalue weighted by molar-refractivity contribution is 7.92. The summed E-state index contributed by atoms with van der Waals surface area (Å²) in [5.74, 6) is -1.39. The molecule has 0 radical (unpaired) electrons. The molecule has 0 spiro atoms. The van der Waals surface area contributed by atoms with Crippen molar-refractivity contribution in [2.24, 2.45) is 0 Å². The number of sulfonamides is 1. The Bertz CT molecular complexity index is 892. The predicted molar refractivity (Wildman–Crippen MR) is 84.0 cm³/mol. The minimum atomic E-state index is -3.45. The second kappa shape index (κ2) is 6.05. The lowest BCUT2D eigenvalue weighted by Crippen LogP contribution is -2.09. The number of nitro groups is 1. The number of anilines is 1. The van der Waals surface area contributed by atoms with Gasteiger partial charge in [0.25, 0.3) is 5.69 Å². The number of hydrogen-bond donors (Lipinski definition) is 2. The van der Waals surface area contributed by atoms with Gasteiger partial charge in [0.15, 0.2) is 0 Å². The molecule has 8 nitrogen and oxygen atoms in total. The molecule has 0 aliphatic carbocycles. The third-order valence-corrected chi connectivity index (χ3v) is 3.53. The van der Waals surface area contributed by atoms with Gasteiger partial charge in [0.1, 0.15) is 5.56 Å². The molecule has 0 aromatic heterocycles. The van der Waals surface area contributed by atoms with Crippen LogP contribution in [0, 0.1) is 10.1 Å². The topological polar surface area (TPSA) is 127 Å². The van der Waals surface area contributed by atoms with Crippen molar-refractivity contribution in [1.29, 1.82) is 0 Å². The first kappa shape index (κ1) is 16.4. The monoisotopic (exact) mass is 336 g/mol. The van der Waals surface area contributed by atoms with Crippen molar-refractivity contribution in [3.05, 3.63) is 58.1 Å². The van der Waals surface area contributed by atoms with Crippen molar-refractivity contribution in [3.8, 4) is 11.1 Å². The second-order valence-electron chi connectivity index (χ2n) is 4.75. The fourth-order valence-electron chi connectivity index (χ4n) is 2.02. The number of rotatable bonds is 5. The summed E-state index contributed by atoms with van der Waals surface area (Å²) in [5.41, 5.74) is 0.271. The normalized spacial score (nSPS) is 11.0. The van der Waals surface area contributed by atoms with Crippen molar-refractivity contribution in [2.45, 2.75) is 0 Å². The number of carboxylic acids is 1. The zero-order valence-electron chi connectivity index (χ0n) is 11.9. The molecule has 0 bridgehead atoms. The Hall–Kier alpha value is -2.94. The van der Waals surface area contributed by atoms with Gasteiger partial charge in [-0.3, -0.25) is 14.8 Å². The van der Waals surface area contributed by atoms with Crippen molar-refractivity contribution < 1.29 is 23.2 Å². The standard InChI is InChI=1S/C14H12N2O6S/c1-23(21,22)15-11-4-2-3-9(7-11)10-5-6-12(14(17)18)13(8-10)16(19)20/h2-8,15H,1H3,(H,17,18). The average molecular weight is 336 g/mol. The van der Waals surface area contributed by atoms with Crippen LogP contribution in [-0.2, 0) is 10.0 Å². The summed E-state index contributed by atoms with van der Waals surface area (Å²) in [5, 5.41) is 20.0. The first-order valence-corrected chi connectivity index (χ1v) is 8.16. The highest BCUT2D eigenvalue weighted by Crippen LogP contribution is 2.29. The maximum absolute atomic E-state index is 11.2. The van der Waals surface area contributed by atoms with E-state index in [2.05, 4.69) is 4.72 Å². The molecule has 0 saturated carbocycles. The van der Waals surface area contributed by atoms with Gasteiger partial charge in [-0.1, -0.05) is 18.2 Å². The molecule has 2 N–H and O–H groups in total. The zero-order chi connectivity index (χ0) is 17.2. The van der Waals surface area contributed by atoms with E-state index in [1.54, 1.807) is 12.1 Å². The first-order chi connectivity index (χ1) is 10.7. The molecule has 0 aliphatic rings. The molecule has 2 rings (SSSR count). The molecule has 9 heteroatoms. The van der Waals surface area contributed by atoms with E-state index in [9.17, 15) is 23.3 Å². The van der Waals surface area contributed by atoms with Gasteiger partial charge >= 0.3 is 5.97 Å². The van der Waals surface area contributed by atoms with Crippen LogP contribution in [0.25, 0.3) is 11.1 Å². The molecule has 2 aromatic carbocycles. The number of hydrogen-bond acceptors (Lipinski definition) is 5. The SMILES string of the molecule is CS(=O)(=O)Nc1cccc(-c2ccc(C(=O)O)c([N+](=O)[O-])c2)c1. The predicted octanol–water partition coefficient (Wildman–Crippen LogP) is 2.33. The van der Waals surface area contributed by atoms with E-state index < -0.39 is 32.2 Å². The lowest BCUT2D eigenvalue weighted by molar-refractivity contribution is -0.385. The number of carbonyl (C=O) groups is 1. The molecule has 0 amide bonds. The van der Waals surface area contributed by atoms with E-state index in [4.69, 9.17) is 5.11 Å². The summed E-state index contributed by atoms with van der Waals surface area (Å²) in [6, 6.07) is 9.96. The molecule has 0 unspecified atom stereocenters. The fraction of sp³-hybridized carbons (Fsp3) is 0.0714. The van der Waals surface area contributed by atoms with Crippen LogP contribution in [0.4, 0.5) is 11.4 Å². The largest absolute Gasteiger partial charge is 0.477 e. The summed E-state index contributed by atoms with van der Waals surface area (Å²) in [4.78, 5) is 21.2. The van der Waals surface area contributed by atoms with Crippen LogP contribution in [0.3, 0.4) is 0 Å². The Labute approximate surface area is 131 Å². The number of carboxylic acid groups (broad SMARTS) is 1. The fourth-order valence-corrected chi connectivity index (χ4v) is 2.57. The van der Waals surface area contributed by atoms with Gasteiger partial charge in [0, 0.05) is 11.8 Å². The molecule has 0 saturated heterocycles. The van der Waals surface area contributed by atoms with Gasteiger partial charge in [-0.25, -0.2) is 13.2 Å². The lowest BCUT2D eigenvalue weighted by Gasteiger charge is -2.07. The molecular formula is C14H12N2O6S. The van der Waals surface area contributed by atoms with Crippen LogP contribution in [0.5, 0.6) is 0 Å². The number of nitrogens with one attached hydrogen (secondary N) is 1. The van der Waals surface area contributed by atoms with Crippen LogP contribution in [0.15, 0.2) is 42.5 Å². The number of nitro benzene ring substituents is 1. The number of nitrogens with zero attached hydrogens (tertiary/aromatic N) is 1. The summed E-state index contributed by atoms with van der Waals surface area (Å²) in [6.45, 7) is 0. The molecule has 0 aliphatic heterocycles. The van der Waals surface area contributed by atoms with Crippen molar-refractivity contribution in [1.82, 2.24) is 0 Å². The maximum Gasteiger partial charge on any atom is 0.342 e. The molecule has 0 fully saturated rings. The van der Waals surface area contributed by atoms with E-state index in [1.165, 1.54) is 18.2 Å². The Morgan fingerprint density at radius 3 is 2.39 bits per heavy atom. The van der Waals surface area contributed by atoms with Gasteiger partial charge in [0.2, 0.25) is 10.0 Å². The summed E-state index contributed by atoms with van der Waals surface area (Å²) < 4.78 is 24.8. The van der Waals surface area contributed by atoms with E-state index in [-0.39, 0.29) is 0 Å². The van der Waals surface area contributed by atoms with Crippen LogP contribution < -0.4 is 4.72 Å². The molecule has 0 atom stereocenters. The highest BCUT2D eigenvalue weighted by Gasteiger charge is 2.20. The third kappa shape index (κ3) is 4.04. The van der Waals surface area contributed by atoms with E-state index in [1.807, 2.05) is 0 Å². The van der Waals surface area contributed by atoms with E-state index >= 15 is 0 Å². The van der Waals surface area contributed by atoms with Gasteiger partial charge in [-0.2, -0.15) is 0 Å². The van der Waals surface area contributed by atoms with E-state index in [0.29, 0.717) is 16.8 Å². The Kier molecular flexibility index (Phi) is 4.32. The average Bonchev–Trinajstić information content (AvgIpc) is 2.45. The Morgan fingerprint density at radius 2 is 1.83 bits per heavy atom. The summed E-state index contributed by atoms with van der Waals surface area (Å²) in [7, 11) is -3.45. The second-order valence-corrected chi connectivity index (χ2v) is 6.50. The molecule has 120 valence electrons. The zero-order valence-corrected chi connectivity index (χ0v) is 12.7.